The van der Waals surface area contributed by atoms with E-state index in [-0.39, 0.29) is 11.0 Å². The second-order valence-electron chi connectivity index (χ2n) is 4.24. The first kappa shape index (κ1) is 11.8. The van der Waals surface area contributed by atoms with E-state index in [4.69, 9.17) is 0 Å². The minimum atomic E-state index is -3.10. The summed E-state index contributed by atoms with van der Waals surface area (Å²) in [5.41, 5.74) is 0.936. The van der Waals surface area contributed by atoms with E-state index in [9.17, 15) is 8.42 Å². The number of fused-ring (bicyclic) bond motifs is 1. The molecule has 1 atom stereocenters. The molecule has 2 aromatic carbocycles. The molecule has 1 heterocycles. The Balaban J connectivity index is 1.97. The molecular weight excluding hydrogens is 264 g/mol. The standard InChI is InChI=1S/C14H12O2S2/c15-18(16)10-13(12-8-4-5-9-14(12)18)17-11-6-2-1-3-7-11/h1-9,13H,10H2/t13-/m1/s1. The van der Waals surface area contributed by atoms with Crippen molar-refractivity contribution in [3.8, 4) is 0 Å². The molecule has 0 bridgehead atoms. The van der Waals surface area contributed by atoms with E-state index < -0.39 is 9.84 Å². The summed E-state index contributed by atoms with van der Waals surface area (Å²) in [6, 6.07) is 17.2. The first-order valence-corrected chi connectivity index (χ1v) is 8.23. The van der Waals surface area contributed by atoms with E-state index in [0.29, 0.717) is 4.90 Å². The maximum atomic E-state index is 12.0. The summed E-state index contributed by atoms with van der Waals surface area (Å²) in [5.74, 6) is 0.200. The summed E-state index contributed by atoms with van der Waals surface area (Å²) in [4.78, 5) is 1.60. The van der Waals surface area contributed by atoms with Gasteiger partial charge in [-0.2, -0.15) is 0 Å². The topological polar surface area (TPSA) is 34.1 Å². The lowest BCUT2D eigenvalue weighted by atomic mass is 10.2. The lowest BCUT2D eigenvalue weighted by Crippen LogP contribution is -2.00. The number of benzene rings is 2. The van der Waals surface area contributed by atoms with Gasteiger partial charge < -0.3 is 0 Å². The van der Waals surface area contributed by atoms with Crippen LogP contribution >= 0.6 is 11.8 Å². The second kappa shape index (κ2) is 4.44. The summed E-state index contributed by atoms with van der Waals surface area (Å²) in [7, 11) is -3.10. The zero-order valence-corrected chi connectivity index (χ0v) is 11.2. The van der Waals surface area contributed by atoms with Gasteiger partial charge >= 0.3 is 0 Å². The van der Waals surface area contributed by atoms with Crippen molar-refractivity contribution >= 4 is 21.6 Å². The van der Waals surface area contributed by atoms with Crippen molar-refractivity contribution in [1.82, 2.24) is 0 Å². The lowest BCUT2D eigenvalue weighted by molar-refractivity contribution is 0.600. The Morgan fingerprint density at radius 3 is 2.39 bits per heavy atom. The van der Waals surface area contributed by atoms with Gasteiger partial charge in [0.1, 0.15) is 0 Å². The molecule has 2 nitrogen and oxygen atoms in total. The van der Waals surface area contributed by atoms with Crippen molar-refractivity contribution in [1.29, 1.82) is 0 Å². The molecule has 2 aromatic rings. The maximum Gasteiger partial charge on any atom is 0.180 e. The third-order valence-corrected chi connectivity index (χ3v) is 6.27. The highest BCUT2D eigenvalue weighted by Crippen LogP contribution is 2.44. The van der Waals surface area contributed by atoms with Gasteiger partial charge in [0.2, 0.25) is 0 Å². The van der Waals surface area contributed by atoms with Gasteiger partial charge in [0.15, 0.2) is 9.84 Å². The van der Waals surface area contributed by atoms with Crippen LogP contribution in [0.1, 0.15) is 10.8 Å². The molecule has 0 unspecified atom stereocenters. The maximum absolute atomic E-state index is 12.0. The van der Waals surface area contributed by atoms with Crippen LogP contribution in [0.5, 0.6) is 0 Å². The quantitative estimate of drug-likeness (QED) is 0.844. The number of rotatable bonds is 2. The van der Waals surface area contributed by atoms with Crippen LogP contribution in [0.15, 0.2) is 64.4 Å². The van der Waals surface area contributed by atoms with Gasteiger partial charge in [-0.25, -0.2) is 8.42 Å². The Kier molecular flexibility index (Phi) is 2.92. The lowest BCUT2D eigenvalue weighted by Gasteiger charge is -2.09. The number of thioether (sulfide) groups is 1. The Morgan fingerprint density at radius 2 is 1.61 bits per heavy atom. The summed E-state index contributed by atoms with van der Waals surface area (Å²) in [6.45, 7) is 0. The molecule has 3 rings (SSSR count). The summed E-state index contributed by atoms with van der Waals surface area (Å²) in [5, 5.41) is 0.00796. The zero-order valence-electron chi connectivity index (χ0n) is 9.61. The van der Waals surface area contributed by atoms with Crippen molar-refractivity contribution in [3.63, 3.8) is 0 Å². The van der Waals surface area contributed by atoms with Crippen LogP contribution in [-0.4, -0.2) is 14.2 Å². The van der Waals surface area contributed by atoms with Crippen LogP contribution in [0, 0.1) is 0 Å². The average molecular weight is 276 g/mol. The van der Waals surface area contributed by atoms with Gasteiger partial charge in [-0.3, -0.25) is 0 Å². The van der Waals surface area contributed by atoms with Gasteiger partial charge in [0.05, 0.1) is 15.9 Å². The fraction of sp³-hybridized carbons (Fsp3) is 0.143. The predicted octanol–water partition coefficient (Wildman–Crippen LogP) is 3.31. The minimum absolute atomic E-state index is 0.00796. The molecule has 18 heavy (non-hydrogen) atoms. The fourth-order valence-corrected chi connectivity index (χ4v) is 5.64. The molecule has 0 N–H and O–H groups in total. The van der Waals surface area contributed by atoms with E-state index in [1.807, 2.05) is 42.5 Å². The summed E-state index contributed by atoms with van der Waals surface area (Å²) >= 11 is 1.62. The third kappa shape index (κ3) is 2.06. The van der Waals surface area contributed by atoms with Crippen LogP contribution in [0.25, 0.3) is 0 Å². The summed E-state index contributed by atoms with van der Waals surface area (Å²) in [6.07, 6.45) is 0. The molecule has 0 spiro atoms. The van der Waals surface area contributed by atoms with Gasteiger partial charge in [-0.1, -0.05) is 36.4 Å². The zero-order chi connectivity index (χ0) is 12.6. The molecule has 4 heteroatoms. The molecule has 0 fully saturated rings. The largest absolute Gasteiger partial charge is 0.224 e. The van der Waals surface area contributed by atoms with Crippen molar-refractivity contribution < 1.29 is 8.42 Å². The second-order valence-corrected chi connectivity index (χ2v) is 7.52. The first-order chi connectivity index (χ1) is 8.67. The normalized spacial score (nSPS) is 20.6. The Labute approximate surface area is 111 Å². The monoisotopic (exact) mass is 276 g/mol. The Morgan fingerprint density at radius 1 is 0.944 bits per heavy atom. The van der Waals surface area contributed by atoms with Crippen molar-refractivity contribution in [2.24, 2.45) is 0 Å². The molecule has 1 aliphatic heterocycles. The average Bonchev–Trinajstić information content (AvgIpc) is 2.63. The van der Waals surface area contributed by atoms with Crippen LogP contribution < -0.4 is 0 Å². The number of sulfone groups is 1. The molecule has 0 radical (unpaired) electrons. The third-order valence-electron chi connectivity index (χ3n) is 2.99. The predicted molar refractivity (Wildman–Crippen MR) is 73.5 cm³/mol. The van der Waals surface area contributed by atoms with Crippen LogP contribution in [0.2, 0.25) is 0 Å². The molecule has 0 saturated carbocycles. The van der Waals surface area contributed by atoms with Gasteiger partial charge in [-0.15, -0.1) is 11.8 Å². The number of hydrogen-bond acceptors (Lipinski definition) is 3. The van der Waals surface area contributed by atoms with Gasteiger partial charge in [0, 0.05) is 4.90 Å². The van der Waals surface area contributed by atoms with E-state index in [1.54, 1.807) is 23.9 Å². The fourth-order valence-electron chi connectivity index (χ4n) is 2.17. The molecular formula is C14H12O2S2. The van der Waals surface area contributed by atoms with Crippen LogP contribution in [0.3, 0.4) is 0 Å². The van der Waals surface area contributed by atoms with Crippen molar-refractivity contribution in [2.75, 3.05) is 5.75 Å². The highest BCUT2D eigenvalue weighted by molar-refractivity contribution is 8.01. The first-order valence-electron chi connectivity index (χ1n) is 5.70. The molecule has 0 aliphatic carbocycles. The Hall–Kier alpha value is -1.26. The number of hydrogen-bond donors (Lipinski definition) is 0. The van der Waals surface area contributed by atoms with E-state index in [0.717, 1.165) is 10.5 Å². The van der Waals surface area contributed by atoms with Gasteiger partial charge in [-0.05, 0) is 23.8 Å². The Bertz CT molecular complexity index is 663. The highest BCUT2D eigenvalue weighted by Gasteiger charge is 2.34. The smallest absolute Gasteiger partial charge is 0.180 e. The van der Waals surface area contributed by atoms with Crippen LogP contribution in [0.4, 0.5) is 0 Å². The van der Waals surface area contributed by atoms with Crippen LogP contribution in [-0.2, 0) is 9.84 Å². The highest BCUT2D eigenvalue weighted by atomic mass is 32.2. The molecule has 92 valence electrons. The van der Waals surface area contributed by atoms with Gasteiger partial charge in [0.25, 0.3) is 0 Å². The van der Waals surface area contributed by atoms with Crippen molar-refractivity contribution in [2.45, 2.75) is 15.0 Å². The molecule has 1 aliphatic rings. The molecule has 0 amide bonds. The van der Waals surface area contributed by atoms with E-state index >= 15 is 0 Å². The minimum Gasteiger partial charge on any atom is -0.224 e. The SMILES string of the molecule is O=S1(=O)C[C@@H](Sc2ccccc2)c2ccccc21. The van der Waals surface area contributed by atoms with E-state index in [1.165, 1.54) is 0 Å². The summed E-state index contributed by atoms with van der Waals surface area (Å²) < 4.78 is 24.1. The molecule has 0 aromatic heterocycles. The van der Waals surface area contributed by atoms with E-state index in [2.05, 4.69) is 0 Å². The van der Waals surface area contributed by atoms with Crippen molar-refractivity contribution in [3.05, 3.63) is 60.2 Å². The molecule has 0 saturated heterocycles.